The lowest BCUT2D eigenvalue weighted by Gasteiger charge is -2.37. The van der Waals surface area contributed by atoms with Gasteiger partial charge in [-0.05, 0) is 68.8 Å². The number of aromatic nitrogens is 1. The van der Waals surface area contributed by atoms with E-state index in [-0.39, 0.29) is 12.1 Å². The maximum atomic E-state index is 12.2. The zero-order chi connectivity index (χ0) is 21.8. The molecule has 8 heteroatoms. The van der Waals surface area contributed by atoms with Gasteiger partial charge in [-0.15, -0.1) is 0 Å². The molecule has 2 fully saturated rings. The van der Waals surface area contributed by atoms with E-state index in [2.05, 4.69) is 16.1 Å². The number of carbonyl (C=O) groups excluding carboxylic acids is 1. The average molecular weight is 448 g/mol. The standard InChI is InChI=1S/C23H30ClN3O4/c1-3-18-12-22(31-25-18)30-23(28)26(2)14-16-10-20(11-16)29-19-7-6-17(21(24)13-19)15-27-8-4-5-9-27/h6-7,12-13,16,20H,3-5,8-11,14-15H2,1-2H3. The molecule has 0 unspecified atom stereocenters. The molecule has 0 atom stereocenters. The van der Waals surface area contributed by atoms with Gasteiger partial charge < -0.3 is 18.9 Å². The summed E-state index contributed by atoms with van der Waals surface area (Å²) in [6, 6.07) is 7.64. The van der Waals surface area contributed by atoms with Gasteiger partial charge in [-0.3, -0.25) is 4.90 Å². The molecule has 2 aromatic rings. The number of aryl methyl sites for hydroxylation is 1. The molecule has 0 N–H and O–H groups in total. The zero-order valence-electron chi connectivity index (χ0n) is 18.2. The maximum absolute atomic E-state index is 12.2. The van der Waals surface area contributed by atoms with Crippen LogP contribution in [0.15, 0.2) is 28.8 Å². The first-order chi connectivity index (χ1) is 15.0. The first-order valence-corrected chi connectivity index (χ1v) is 11.4. The Hall–Kier alpha value is -2.25. The fourth-order valence-corrected chi connectivity index (χ4v) is 4.39. The Bertz CT molecular complexity index is 891. The van der Waals surface area contributed by atoms with E-state index in [0.717, 1.165) is 60.9 Å². The van der Waals surface area contributed by atoms with E-state index in [9.17, 15) is 4.79 Å². The van der Waals surface area contributed by atoms with Gasteiger partial charge in [0.25, 0.3) is 0 Å². The van der Waals surface area contributed by atoms with Gasteiger partial charge in [0.2, 0.25) is 0 Å². The molecule has 1 aliphatic carbocycles. The van der Waals surface area contributed by atoms with Gasteiger partial charge in [0, 0.05) is 31.2 Å². The SMILES string of the molecule is CCc1cc(OC(=O)N(C)CC2CC(Oc3ccc(CN4CCCC4)c(Cl)c3)C2)on1. The second-order valence-corrected chi connectivity index (χ2v) is 8.96. The van der Waals surface area contributed by atoms with Gasteiger partial charge in [0.05, 0.1) is 11.8 Å². The lowest BCUT2D eigenvalue weighted by molar-refractivity contribution is 0.0472. The van der Waals surface area contributed by atoms with Gasteiger partial charge in [-0.1, -0.05) is 29.7 Å². The quantitative estimate of drug-likeness (QED) is 0.580. The third-order valence-electron chi connectivity index (χ3n) is 6.04. The highest BCUT2D eigenvalue weighted by molar-refractivity contribution is 6.31. The summed E-state index contributed by atoms with van der Waals surface area (Å²) >= 11 is 6.49. The van der Waals surface area contributed by atoms with Crippen molar-refractivity contribution in [2.75, 3.05) is 26.7 Å². The van der Waals surface area contributed by atoms with Crippen molar-refractivity contribution in [3.05, 3.63) is 40.5 Å². The number of halogens is 1. The number of ether oxygens (including phenoxy) is 2. The molecular weight excluding hydrogens is 418 g/mol. The molecule has 2 aliphatic rings. The third kappa shape index (κ3) is 5.71. The van der Waals surface area contributed by atoms with Crippen LogP contribution in [0.25, 0.3) is 0 Å². The molecule has 1 amide bonds. The van der Waals surface area contributed by atoms with E-state index < -0.39 is 6.09 Å². The molecule has 31 heavy (non-hydrogen) atoms. The molecule has 0 spiro atoms. The lowest BCUT2D eigenvalue weighted by atomic mass is 9.82. The molecule has 7 nitrogen and oxygen atoms in total. The van der Waals surface area contributed by atoms with Crippen molar-refractivity contribution in [2.24, 2.45) is 5.92 Å². The van der Waals surface area contributed by atoms with Crippen LogP contribution in [0.4, 0.5) is 4.79 Å². The molecule has 1 saturated heterocycles. The molecule has 2 heterocycles. The summed E-state index contributed by atoms with van der Waals surface area (Å²) in [4.78, 5) is 16.2. The van der Waals surface area contributed by atoms with Crippen LogP contribution in [-0.2, 0) is 13.0 Å². The Morgan fingerprint density at radius 3 is 2.74 bits per heavy atom. The molecule has 1 aliphatic heterocycles. The minimum absolute atomic E-state index is 0.133. The molecule has 4 rings (SSSR count). The summed E-state index contributed by atoms with van der Waals surface area (Å²) in [5.74, 6) is 1.32. The van der Waals surface area contributed by atoms with Crippen LogP contribution in [0.1, 0.15) is 43.9 Å². The molecule has 168 valence electrons. The van der Waals surface area contributed by atoms with E-state index in [0.29, 0.717) is 12.5 Å². The molecule has 0 radical (unpaired) electrons. The van der Waals surface area contributed by atoms with E-state index in [1.807, 2.05) is 19.1 Å². The van der Waals surface area contributed by atoms with Crippen molar-refractivity contribution in [1.29, 1.82) is 0 Å². The smallest absolute Gasteiger partial charge is 0.417 e. The number of hydrogen-bond donors (Lipinski definition) is 0. The summed E-state index contributed by atoms with van der Waals surface area (Å²) in [5, 5.41) is 4.59. The van der Waals surface area contributed by atoms with Crippen molar-refractivity contribution in [3.63, 3.8) is 0 Å². The number of rotatable bonds is 8. The maximum Gasteiger partial charge on any atom is 0.417 e. The first kappa shape index (κ1) is 22.0. The van der Waals surface area contributed by atoms with Crippen molar-refractivity contribution in [1.82, 2.24) is 15.0 Å². The van der Waals surface area contributed by atoms with Crippen LogP contribution in [0, 0.1) is 5.92 Å². The summed E-state index contributed by atoms with van der Waals surface area (Å²) in [5.41, 5.74) is 1.91. The van der Waals surface area contributed by atoms with Crippen molar-refractivity contribution in [2.45, 2.75) is 51.7 Å². The first-order valence-electron chi connectivity index (χ1n) is 11.1. The molecule has 1 aromatic heterocycles. The second-order valence-electron chi connectivity index (χ2n) is 8.55. The van der Waals surface area contributed by atoms with Crippen molar-refractivity contribution < 1.29 is 18.8 Å². The number of hydrogen-bond acceptors (Lipinski definition) is 6. The minimum Gasteiger partial charge on any atom is -0.490 e. The average Bonchev–Trinajstić information content (AvgIpc) is 3.40. The molecule has 0 bridgehead atoms. The van der Waals surface area contributed by atoms with Crippen LogP contribution in [0.2, 0.25) is 5.02 Å². The number of carbonyl (C=O) groups is 1. The summed E-state index contributed by atoms with van der Waals surface area (Å²) in [6.07, 6.45) is 4.77. The summed E-state index contributed by atoms with van der Waals surface area (Å²) < 4.78 is 16.3. The van der Waals surface area contributed by atoms with Crippen LogP contribution in [0.5, 0.6) is 11.7 Å². The number of nitrogens with zero attached hydrogens (tertiary/aromatic N) is 3. The van der Waals surface area contributed by atoms with Crippen molar-refractivity contribution in [3.8, 4) is 11.7 Å². The van der Waals surface area contributed by atoms with Crippen LogP contribution < -0.4 is 9.47 Å². The Labute approximate surface area is 188 Å². The summed E-state index contributed by atoms with van der Waals surface area (Å²) in [7, 11) is 1.73. The highest BCUT2D eigenvalue weighted by Gasteiger charge is 2.33. The predicted molar refractivity (Wildman–Crippen MR) is 118 cm³/mol. The van der Waals surface area contributed by atoms with Gasteiger partial charge in [0.15, 0.2) is 0 Å². The highest BCUT2D eigenvalue weighted by atomic mass is 35.5. The highest BCUT2D eigenvalue weighted by Crippen LogP contribution is 2.33. The third-order valence-corrected chi connectivity index (χ3v) is 6.40. The van der Waals surface area contributed by atoms with Crippen LogP contribution in [-0.4, -0.2) is 53.8 Å². The minimum atomic E-state index is -0.441. The van der Waals surface area contributed by atoms with Gasteiger partial charge in [-0.25, -0.2) is 4.79 Å². The molecule has 1 aromatic carbocycles. The van der Waals surface area contributed by atoms with Gasteiger partial charge >= 0.3 is 12.0 Å². The van der Waals surface area contributed by atoms with E-state index >= 15 is 0 Å². The predicted octanol–water partition coefficient (Wildman–Crippen LogP) is 4.77. The van der Waals surface area contributed by atoms with E-state index in [1.54, 1.807) is 18.0 Å². The topological polar surface area (TPSA) is 68.0 Å². The Morgan fingerprint density at radius 2 is 2.06 bits per heavy atom. The Balaban J connectivity index is 1.19. The lowest BCUT2D eigenvalue weighted by Crippen LogP contribution is -2.42. The normalized spacial score (nSPS) is 21.0. The van der Waals surface area contributed by atoms with Gasteiger partial charge in [0.1, 0.15) is 5.75 Å². The zero-order valence-corrected chi connectivity index (χ0v) is 18.9. The second kappa shape index (κ2) is 9.92. The largest absolute Gasteiger partial charge is 0.490 e. The van der Waals surface area contributed by atoms with Crippen molar-refractivity contribution >= 4 is 17.7 Å². The monoisotopic (exact) mass is 447 g/mol. The Morgan fingerprint density at radius 1 is 1.29 bits per heavy atom. The van der Waals surface area contributed by atoms with Gasteiger partial charge in [-0.2, -0.15) is 0 Å². The van der Waals surface area contributed by atoms with Crippen LogP contribution >= 0.6 is 11.6 Å². The van der Waals surface area contributed by atoms with E-state index in [1.165, 1.54) is 12.8 Å². The number of benzene rings is 1. The fraction of sp³-hybridized carbons (Fsp3) is 0.565. The molecular formula is C23H30ClN3O4. The number of likely N-dealkylation sites (tertiary alicyclic amines) is 1. The fourth-order valence-electron chi connectivity index (χ4n) is 4.16. The Kier molecular flexibility index (Phi) is 7.02. The van der Waals surface area contributed by atoms with Crippen LogP contribution in [0.3, 0.4) is 0 Å². The summed E-state index contributed by atoms with van der Waals surface area (Å²) in [6.45, 7) is 5.78. The molecule has 1 saturated carbocycles. The van der Waals surface area contributed by atoms with E-state index in [4.69, 9.17) is 25.6 Å². The number of amides is 1.